The summed E-state index contributed by atoms with van der Waals surface area (Å²) >= 11 is 6.08. The zero-order valence-corrected chi connectivity index (χ0v) is 21.8. The molecule has 2 heterocycles. The summed E-state index contributed by atoms with van der Waals surface area (Å²) in [6.07, 6.45) is 13.8. The van der Waals surface area contributed by atoms with Crippen LogP contribution in [0.4, 0.5) is 5.95 Å². The summed E-state index contributed by atoms with van der Waals surface area (Å²) in [6, 6.07) is 10.1. The van der Waals surface area contributed by atoms with Crippen molar-refractivity contribution in [2.24, 2.45) is 5.73 Å². The molecule has 0 unspecified atom stereocenters. The molecule has 0 atom stereocenters. The van der Waals surface area contributed by atoms with Gasteiger partial charge in [0.05, 0.1) is 21.4 Å². The first-order valence-electron chi connectivity index (χ1n) is 12.2. The van der Waals surface area contributed by atoms with E-state index in [2.05, 4.69) is 20.3 Å². The van der Waals surface area contributed by atoms with E-state index in [1.54, 1.807) is 36.7 Å². The van der Waals surface area contributed by atoms with E-state index in [-0.39, 0.29) is 26.7 Å². The van der Waals surface area contributed by atoms with Crippen molar-refractivity contribution in [1.29, 1.82) is 0 Å². The molecule has 7 nitrogen and oxygen atoms in total. The molecular formula is C27H30ClN5O2S. The van der Waals surface area contributed by atoms with Crippen molar-refractivity contribution in [3.8, 4) is 0 Å². The minimum atomic E-state index is -3.59. The van der Waals surface area contributed by atoms with Crippen LogP contribution in [0, 0.1) is 6.92 Å². The van der Waals surface area contributed by atoms with Gasteiger partial charge in [0, 0.05) is 34.7 Å². The third-order valence-corrected chi connectivity index (χ3v) is 9.65. The van der Waals surface area contributed by atoms with Crippen LogP contribution in [0.5, 0.6) is 0 Å². The fourth-order valence-corrected chi connectivity index (χ4v) is 7.01. The van der Waals surface area contributed by atoms with E-state index in [9.17, 15) is 8.42 Å². The van der Waals surface area contributed by atoms with Gasteiger partial charge in [0.1, 0.15) is 0 Å². The monoisotopic (exact) mass is 523 g/mol. The Morgan fingerprint density at radius 1 is 1.00 bits per heavy atom. The molecule has 0 spiro atoms. The molecule has 36 heavy (non-hydrogen) atoms. The molecule has 2 bridgehead atoms. The standard InChI is InChI=1S/C27H30ClN5O2S/c1-19-21(8-9-22(32-19)18-36(34,35)24-5-3-2-4-23(24)28)7-6-20-16-30-25(31-17-20)33-27-13-10-26(29,11-14-27)12-15-27/h2-9,16-17H,10-15,18,29H2,1H3,(H,30,31,33)/b7-6+. The Kier molecular flexibility index (Phi) is 6.61. The minimum absolute atomic E-state index is 0.0357. The average Bonchev–Trinajstić information content (AvgIpc) is 2.85. The fraction of sp³-hybridized carbons (Fsp3) is 0.370. The van der Waals surface area contributed by atoms with E-state index in [4.69, 9.17) is 17.3 Å². The molecule has 3 aliphatic carbocycles. The van der Waals surface area contributed by atoms with Crippen LogP contribution < -0.4 is 11.1 Å². The molecule has 0 saturated heterocycles. The molecule has 3 aliphatic rings. The highest BCUT2D eigenvalue weighted by molar-refractivity contribution is 7.90. The molecule has 3 N–H and O–H groups in total. The van der Waals surface area contributed by atoms with E-state index in [0.717, 1.165) is 55.3 Å². The Morgan fingerprint density at radius 3 is 2.31 bits per heavy atom. The number of hydrogen-bond acceptors (Lipinski definition) is 7. The van der Waals surface area contributed by atoms with Gasteiger partial charge >= 0.3 is 0 Å². The second kappa shape index (κ2) is 9.57. The highest BCUT2D eigenvalue weighted by Crippen LogP contribution is 2.46. The van der Waals surface area contributed by atoms with Gasteiger partial charge in [0.15, 0.2) is 9.84 Å². The molecule has 2 aromatic heterocycles. The van der Waals surface area contributed by atoms with Crippen LogP contribution in [0.2, 0.25) is 5.02 Å². The van der Waals surface area contributed by atoms with Crippen LogP contribution in [0.15, 0.2) is 53.7 Å². The smallest absolute Gasteiger partial charge is 0.223 e. The Labute approximate surface area is 217 Å². The number of nitrogens with one attached hydrogen (secondary N) is 1. The van der Waals surface area contributed by atoms with Gasteiger partial charge in [0.25, 0.3) is 0 Å². The van der Waals surface area contributed by atoms with E-state index >= 15 is 0 Å². The van der Waals surface area contributed by atoms with E-state index in [1.807, 2.05) is 25.1 Å². The summed E-state index contributed by atoms with van der Waals surface area (Å²) in [6.45, 7) is 1.86. The quantitative estimate of drug-likeness (QED) is 0.438. The molecule has 1 aromatic carbocycles. The van der Waals surface area contributed by atoms with Crippen molar-refractivity contribution >= 4 is 39.5 Å². The zero-order chi connectivity index (χ0) is 25.4. The maximum Gasteiger partial charge on any atom is 0.223 e. The predicted molar refractivity (Wildman–Crippen MR) is 143 cm³/mol. The van der Waals surface area contributed by atoms with Crippen molar-refractivity contribution < 1.29 is 8.42 Å². The van der Waals surface area contributed by atoms with Crippen LogP contribution in [-0.2, 0) is 15.6 Å². The molecule has 6 rings (SSSR count). The molecule has 0 aliphatic heterocycles. The fourth-order valence-electron chi connectivity index (χ4n) is 5.16. The summed E-state index contributed by atoms with van der Waals surface area (Å²) in [5, 5.41) is 3.79. The van der Waals surface area contributed by atoms with Gasteiger partial charge in [-0.1, -0.05) is 42.0 Å². The largest absolute Gasteiger partial charge is 0.349 e. The second-order valence-electron chi connectivity index (χ2n) is 10.1. The molecule has 188 valence electrons. The second-order valence-corrected chi connectivity index (χ2v) is 12.5. The normalized spacial score (nSPS) is 23.8. The zero-order valence-electron chi connectivity index (χ0n) is 20.2. The SMILES string of the molecule is Cc1nc(CS(=O)(=O)c2ccccc2Cl)ccc1/C=C/c1cnc(NC23CCC(N)(CC2)CC3)nc1. The third-order valence-electron chi connectivity index (χ3n) is 7.50. The van der Waals surface area contributed by atoms with Gasteiger partial charge < -0.3 is 11.1 Å². The number of halogens is 1. The summed E-state index contributed by atoms with van der Waals surface area (Å²) in [7, 11) is -3.59. The highest BCUT2D eigenvalue weighted by Gasteiger charge is 2.46. The number of rotatable bonds is 7. The molecule has 3 saturated carbocycles. The molecule has 0 radical (unpaired) electrons. The topological polar surface area (TPSA) is 111 Å². The van der Waals surface area contributed by atoms with Gasteiger partial charge in [-0.15, -0.1) is 0 Å². The highest BCUT2D eigenvalue weighted by atomic mass is 35.5. The molecule has 3 aromatic rings. The average molecular weight is 524 g/mol. The van der Waals surface area contributed by atoms with Crippen LogP contribution in [-0.4, -0.2) is 34.4 Å². The van der Waals surface area contributed by atoms with Crippen molar-refractivity contribution in [2.45, 2.75) is 67.2 Å². The Balaban J connectivity index is 1.24. The van der Waals surface area contributed by atoms with Crippen molar-refractivity contribution in [2.75, 3.05) is 5.32 Å². The van der Waals surface area contributed by atoms with Gasteiger partial charge in [-0.05, 0) is 69.2 Å². The summed E-state index contributed by atoms with van der Waals surface area (Å²) in [5.41, 5.74) is 9.50. The number of benzene rings is 1. The van der Waals surface area contributed by atoms with Crippen molar-refractivity contribution in [1.82, 2.24) is 15.0 Å². The number of sulfone groups is 1. The summed E-state index contributed by atoms with van der Waals surface area (Å²) < 4.78 is 25.6. The van der Waals surface area contributed by atoms with E-state index in [0.29, 0.717) is 11.6 Å². The van der Waals surface area contributed by atoms with Gasteiger partial charge in [-0.3, -0.25) is 4.98 Å². The van der Waals surface area contributed by atoms with Crippen LogP contribution in [0.3, 0.4) is 0 Å². The number of nitrogens with zero attached hydrogens (tertiary/aromatic N) is 3. The van der Waals surface area contributed by atoms with E-state index in [1.165, 1.54) is 6.07 Å². The van der Waals surface area contributed by atoms with Gasteiger partial charge in [0.2, 0.25) is 5.95 Å². The van der Waals surface area contributed by atoms with Crippen LogP contribution in [0.25, 0.3) is 12.2 Å². The number of anilines is 1. The maximum absolute atomic E-state index is 12.8. The lowest BCUT2D eigenvalue weighted by molar-refractivity contribution is 0.126. The lowest BCUT2D eigenvalue weighted by atomic mass is 9.62. The number of pyridine rings is 1. The van der Waals surface area contributed by atoms with Crippen LogP contribution in [0.1, 0.15) is 61.0 Å². The molecule has 0 amide bonds. The summed E-state index contributed by atoms with van der Waals surface area (Å²) in [5.74, 6) is 0.443. The van der Waals surface area contributed by atoms with Crippen LogP contribution >= 0.6 is 11.6 Å². The Hall–Kier alpha value is -2.81. The van der Waals surface area contributed by atoms with E-state index < -0.39 is 9.84 Å². The molecule has 9 heteroatoms. The third kappa shape index (κ3) is 5.31. The molecule has 3 fully saturated rings. The first-order valence-corrected chi connectivity index (χ1v) is 14.2. The number of hydrogen-bond donors (Lipinski definition) is 2. The first kappa shape index (κ1) is 24.9. The number of fused-ring (bicyclic) bond motifs is 3. The Bertz CT molecular complexity index is 1380. The molecular weight excluding hydrogens is 494 g/mol. The first-order chi connectivity index (χ1) is 17.2. The lowest BCUT2D eigenvalue weighted by Crippen LogP contribution is -2.57. The van der Waals surface area contributed by atoms with Crippen molar-refractivity contribution in [3.05, 3.63) is 76.3 Å². The van der Waals surface area contributed by atoms with Crippen molar-refractivity contribution in [3.63, 3.8) is 0 Å². The lowest BCUT2D eigenvalue weighted by Gasteiger charge is -2.52. The predicted octanol–water partition coefficient (Wildman–Crippen LogP) is 5.19. The van der Waals surface area contributed by atoms with Gasteiger partial charge in [-0.2, -0.15) is 0 Å². The maximum atomic E-state index is 12.8. The van der Waals surface area contributed by atoms with Gasteiger partial charge in [-0.25, -0.2) is 18.4 Å². The Morgan fingerprint density at radius 2 is 1.67 bits per heavy atom. The number of nitrogens with two attached hydrogens (primary N) is 1. The summed E-state index contributed by atoms with van der Waals surface area (Å²) in [4.78, 5) is 13.7. The minimum Gasteiger partial charge on any atom is -0.349 e. The number of aromatic nitrogens is 3. The number of aryl methyl sites for hydroxylation is 1.